The van der Waals surface area contributed by atoms with Gasteiger partial charge in [0.05, 0.1) is 37.3 Å². The molecule has 0 saturated carbocycles. The minimum atomic E-state index is -2.20. The van der Waals surface area contributed by atoms with Gasteiger partial charge in [-0.1, -0.05) is 137 Å². The van der Waals surface area contributed by atoms with Crippen LogP contribution in [0.4, 0.5) is 13.2 Å². The number of nitrogens with zero attached hydrogens (tertiary/aromatic N) is 5. The van der Waals surface area contributed by atoms with Gasteiger partial charge in [0.2, 0.25) is 88.6 Å². The number of unbranched alkanes of at least 4 members (excludes halogenated alkanes) is 1. The van der Waals surface area contributed by atoms with Crippen molar-refractivity contribution in [2.75, 3.05) is 52.3 Å². The Morgan fingerprint density at radius 1 is 0.482 bits per heavy atom. The molecular formula is C96H115F3N16O23S. The molecule has 0 bridgehead atoms. The molecule has 0 radical (unpaired) electrons. The van der Waals surface area contributed by atoms with Crippen molar-refractivity contribution in [1.29, 1.82) is 0 Å². The Hall–Kier alpha value is -14.5. The van der Waals surface area contributed by atoms with Crippen LogP contribution >= 0.6 is 11.8 Å². The number of aliphatic hydroxyl groups excluding tert-OH is 2. The molecule has 139 heavy (non-hydrogen) atoms. The molecule has 39 nitrogen and oxygen atoms in total. The third-order valence-electron chi connectivity index (χ3n) is 24.4. The van der Waals surface area contributed by atoms with Crippen LogP contribution in [-0.2, 0) is 120 Å². The number of primary amides is 1. The van der Waals surface area contributed by atoms with Gasteiger partial charge in [-0.3, -0.25) is 81.5 Å². The molecule has 10 rings (SSSR count). The third kappa shape index (κ3) is 29.3. The first-order chi connectivity index (χ1) is 66.1. The number of hydrogen-bond donors (Lipinski definition) is 17. The summed E-state index contributed by atoms with van der Waals surface area (Å²) in [5.41, 5.74) is 7.46. The van der Waals surface area contributed by atoms with E-state index in [4.69, 9.17) is 5.73 Å². The summed E-state index contributed by atoms with van der Waals surface area (Å²) in [4.78, 5) is 259. The number of nitrogens with two attached hydrogens (primary N) is 1. The lowest BCUT2D eigenvalue weighted by atomic mass is 9.98. The second-order valence-electron chi connectivity index (χ2n) is 35.0. The number of carbonyl (C=O) groups excluding carboxylic acids is 15. The summed E-state index contributed by atoms with van der Waals surface area (Å²) in [6, 6.07) is 11.5. The molecule has 3 saturated heterocycles. The first-order valence-corrected chi connectivity index (χ1v) is 46.3. The van der Waals surface area contributed by atoms with Crippen LogP contribution in [0.15, 0.2) is 152 Å². The predicted octanol–water partition coefficient (Wildman–Crippen LogP) is 0.569. The Morgan fingerprint density at radius 3 is 1.49 bits per heavy atom. The number of aromatic hydroxyl groups is 2. The Labute approximate surface area is 801 Å². The number of rotatable bonds is 24. The number of phenolic OH excluding ortho intramolecular Hbond substituents is 2. The van der Waals surface area contributed by atoms with Gasteiger partial charge in [-0.15, -0.1) is 11.8 Å². The first-order valence-electron chi connectivity index (χ1n) is 45.1. The number of benzene rings is 6. The number of likely N-dealkylation sites (N-methyl/N-ethyl adjacent to an activating group) is 3. The molecule has 15 amide bonds. The molecule has 0 aliphatic carbocycles. The minimum Gasteiger partial charge on any atom is -0.508 e. The Balaban J connectivity index is 1.07. The fourth-order valence-corrected chi connectivity index (χ4v) is 17.8. The summed E-state index contributed by atoms with van der Waals surface area (Å²) in [6.07, 6.45) is -7.27. The highest BCUT2D eigenvalue weighted by Gasteiger charge is 2.49. The van der Waals surface area contributed by atoms with Gasteiger partial charge in [0.15, 0.2) is 17.5 Å². The fourth-order valence-electron chi connectivity index (χ4n) is 16.9. The summed E-state index contributed by atoms with van der Waals surface area (Å²) in [6.45, 7) is 2.69. The monoisotopic (exact) mass is 1950 g/mol. The molecular weight excluding hydrogens is 1830 g/mol. The van der Waals surface area contributed by atoms with E-state index < -0.39 is 303 Å². The normalized spacial score (nSPS) is 24.1. The number of aromatic nitrogens is 1. The van der Waals surface area contributed by atoms with Crippen LogP contribution in [0, 0.1) is 23.4 Å². The number of thioether (sulfide) groups is 1. The minimum absolute atomic E-state index is 0.0168. The van der Waals surface area contributed by atoms with Crippen molar-refractivity contribution in [3.63, 3.8) is 0 Å². The lowest BCUT2D eigenvalue weighted by Crippen LogP contribution is -2.62. The molecule has 3 aliphatic rings. The fraction of sp³-hybridized carbons (Fsp3) is 0.427. The van der Waals surface area contributed by atoms with E-state index in [1.54, 1.807) is 91.9 Å². The average Bonchev–Trinajstić information content (AvgIpc) is 1.73. The molecule has 7 aromatic rings. The summed E-state index contributed by atoms with van der Waals surface area (Å²) in [7, 11) is 3.57. The zero-order valence-corrected chi connectivity index (χ0v) is 77.9. The van der Waals surface area contributed by atoms with Gasteiger partial charge in [0, 0.05) is 102 Å². The summed E-state index contributed by atoms with van der Waals surface area (Å²) in [5.74, 6) is -28.6. The molecule has 15 atom stereocenters. The standard InChI is InChI=1S/C96H115F3N16O23S/c1-7-8-23-73-95(137)115-48-61(119)42-77(115)91(133)107-69(44-81(124)125)88(130)110-83(51(2)3)96(138)113(6)75(39-53-19-13-10-14-20-53)89(131)108-71(37-55-26-31-59(117)32-27-55)93(135)114-47-60(118)41-76(114)90(132)106-67(40-57-45-101-65-22-16-15-21-62(57)65)86(128)104-66(36-54-24-29-58(116)30-25-54)85(127)105-68(43-80(122)123)87(129)109-72(84(126)102-46-78(100)120)49-139-50-79(121)103-70(38-56-34-63(97)82(99)64(98)35-56)92(134)111(4)74(94(136)112(73)5)33-28-52-17-11-9-12-18-52/h9-22,24-27,29-32,34-35,45,51,60-61,66-77,83,101,116-119H,7-8,23,28,33,36-44,46-50H2,1-6H3,(H2,100,120)(H,102,126)(H,103,121)(H,104,128)(H,105,127)(H,106,132)(H,107,133)(H,108,131)(H,109,129)(H,110,130)(H,122,123)(H,124,125)/t60-,61-,66+,67+,68+,69+,70+,71+,72+,73+,74+,75?,76+,77-,83+/m1/s1. The number of fused-ring (bicyclic) bond motifs is 3. The van der Waals surface area contributed by atoms with Gasteiger partial charge in [-0.25, -0.2) is 13.2 Å². The van der Waals surface area contributed by atoms with E-state index in [9.17, 15) is 73.4 Å². The van der Waals surface area contributed by atoms with Gasteiger partial charge in [0.25, 0.3) is 0 Å². The van der Waals surface area contributed by atoms with Gasteiger partial charge in [0.1, 0.15) is 90.0 Å². The topological polar surface area (TPSA) is 578 Å². The number of amides is 15. The van der Waals surface area contributed by atoms with Crippen molar-refractivity contribution in [3.05, 3.63) is 203 Å². The maximum absolute atomic E-state index is 15.8. The molecule has 0 spiro atoms. The van der Waals surface area contributed by atoms with Crippen molar-refractivity contribution < 1.29 is 125 Å². The van der Waals surface area contributed by atoms with Crippen molar-refractivity contribution in [2.24, 2.45) is 11.7 Å². The van der Waals surface area contributed by atoms with Gasteiger partial charge < -0.3 is 114 Å². The van der Waals surface area contributed by atoms with E-state index in [0.29, 0.717) is 63.5 Å². The smallest absolute Gasteiger partial charge is 0.305 e. The molecule has 43 heteroatoms. The van der Waals surface area contributed by atoms with E-state index in [-0.39, 0.29) is 49.2 Å². The summed E-state index contributed by atoms with van der Waals surface area (Å²) >= 11 is 0.537. The zero-order chi connectivity index (χ0) is 101. The number of H-pyrrole nitrogens is 1. The van der Waals surface area contributed by atoms with Gasteiger partial charge in [-0.05, 0) is 101 Å². The van der Waals surface area contributed by atoms with Crippen molar-refractivity contribution in [2.45, 2.75) is 201 Å². The van der Waals surface area contributed by atoms with E-state index in [0.717, 1.165) is 31.5 Å². The van der Waals surface area contributed by atoms with Crippen LogP contribution in [0.5, 0.6) is 11.5 Å². The molecule has 6 aromatic carbocycles. The maximum atomic E-state index is 15.8. The molecule has 3 fully saturated rings. The number of aromatic amines is 1. The van der Waals surface area contributed by atoms with E-state index >= 15 is 51.9 Å². The molecule has 4 heterocycles. The van der Waals surface area contributed by atoms with Gasteiger partial charge >= 0.3 is 11.9 Å². The lowest BCUT2D eigenvalue weighted by Gasteiger charge is -2.38. The molecule has 18 N–H and O–H groups in total. The third-order valence-corrected chi connectivity index (χ3v) is 25.4. The van der Waals surface area contributed by atoms with Crippen molar-refractivity contribution in [1.82, 2.24) is 77.3 Å². The summed E-state index contributed by atoms with van der Waals surface area (Å²) < 4.78 is 45.1. The molecule has 1 aromatic heterocycles. The number of aryl methyl sites for hydroxylation is 1. The molecule has 744 valence electrons. The second-order valence-corrected chi connectivity index (χ2v) is 36.1. The number of aliphatic hydroxyl groups is 2. The number of nitrogens with one attached hydrogen (secondary N) is 10. The Morgan fingerprint density at radius 2 is 0.935 bits per heavy atom. The van der Waals surface area contributed by atoms with Crippen LogP contribution in [0.25, 0.3) is 10.9 Å². The highest BCUT2D eigenvalue weighted by atomic mass is 32.2. The number of halogens is 3. The SMILES string of the molecule is CCCC[C@H]1C(=O)N2C[C@H](O)C[C@@H]2C(=O)N[C@@H](CC(=O)O)C(=O)N[C@@H](C(C)C)C(=O)N(C)C(Cc2ccccc2)C(=O)N[C@@H](Cc2ccc(O)cc2)C(=O)N2C[C@H](O)C[C@H]2C(=O)N[C@@H](Cc2c[nH]c3ccccc23)C(=O)N[C@@H](Cc2ccc(O)cc2)C(=O)N[C@@H](CC(=O)O)C(=O)N[C@H](C(=O)NCC(N)=O)CSCC(=O)N[C@@H](Cc2cc(F)c(F)c(F)c2)C(=O)N(C)[C@@H](CCc2ccccc2)C(=O)N1C. The number of carboxylic acid groups (broad SMARTS) is 2. The quantitative estimate of drug-likeness (QED) is 0.0368. The second kappa shape index (κ2) is 49.5. The molecule has 3 aliphatic heterocycles. The Bertz CT molecular complexity index is 5610. The van der Waals surface area contributed by atoms with E-state index in [2.05, 4.69) is 52.8 Å². The maximum Gasteiger partial charge on any atom is 0.305 e. The molecule has 1 unspecified atom stereocenters. The van der Waals surface area contributed by atoms with Crippen LogP contribution in [0.1, 0.15) is 106 Å². The predicted molar refractivity (Wildman–Crippen MR) is 496 cm³/mol. The van der Waals surface area contributed by atoms with E-state index in [1.807, 2.05) is 0 Å². The Kier molecular flexibility index (Phi) is 37.9. The largest absolute Gasteiger partial charge is 0.508 e. The number of para-hydroxylation sites is 1. The van der Waals surface area contributed by atoms with Gasteiger partial charge in [-0.2, -0.15) is 0 Å². The van der Waals surface area contributed by atoms with Crippen LogP contribution < -0.4 is 53.6 Å². The van der Waals surface area contributed by atoms with Crippen LogP contribution in [0.2, 0.25) is 0 Å². The highest BCUT2D eigenvalue weighted by molar-refractivity contribution is 8.00. The van der Waals surface area contributed by atoms with Crippen molar-refractivity contribution >= 4 is 123 Å². The summed E-state index contributed by atoms with van der Waals surface area (Å²) in [5, 5.41) is 87.6. The first kappa shape index (κ1) is 107. The van der Waals surface area contributed by atoms with Crippen molar-refractivity contribution in [3.8, 4) is 11.5 Å². The lowest BCUT2D eigenvalue weighted by molar-refractivity contribution is -0.152. The average molecular weight is 1950 g/mol. The number of phenols is 2. The zero-order valence-electron chi connectivity index (χ0n) is 77.1. The van der Waals surface area contributed by atoms with E-state index in [1.165, 1.54) is 82.7 Å². The van der Waals surface area contributed by atoms with Crippen LogP contribution in [0.3, 0.4) is 0 Å². The number of aliphatic carboxylic acids is 2. The number of hydrogen-bond acceptors (Lipinski definition) is 22. The number of carboxylic acids is 2. The number of carbonyl (C=O) groups is 17. The van der Waals surface area contributed by atoms with Crippen LogP contribution in [-0.4, -0.2) is 304 Å². The highest BCUT2D eigenvalue weighted by Crippen LogP contribution is 2.30.